The highest BCUT2D eigenvalue weighted by Gasteiger charge is 2.08. The third kappa shape index (κ3) is 4.74. The van der Waals surface area contributed by atoms with E-state index in [0.29, 0.717) is 6.04 Å². The zero-order valence-corrected chi connectivity index (χ0v) is 11.4. The molecule has 0 aromatic heterocycles. The minimum atomic E-state index is 0.579. The van der Waals surface area contributed by atoms with Gasteiger partial charge in [-0.3, -0.25) is 0 Å². The Labute approximate surface area is 106 Å². The molecule has 0 radical (unpaired) electrons. The molecule has 0 heterocycles. The first-order valence-electron chi connectivity index (χ1n) is 6.51. The van der Waals surface area contributed by atoms with Crippen molar-refractivity contribution >= 4 is 0 Å². The number of nitrogens with one attached hydrogen (secondary N) is 1. The van der Waals surface area contributed by atoms with Crippen LogP contribution in [-0.4, -0.2) is 13.1 Å². The predicted octanol–water partition coefficient (Wildman–Crippen LogP) is 3.79. The van der Waals surface area contributed by atoms with Gasteiger partial charge < -0.3 is 5.32 Å². The maximum absolute atomic E-state index is 3.77. The van der Waals surface area contributed by atoms with E-state index in [0.717, 1.165) is 12.8 Å². The van der Waals surface area contributed by atoms with E-state index in [-0.39, 0.29) is 0 Å². The second kappa shape index (κ2) is 7.29. The summed E-state index contributed by atoms with van der Waals surface area (Å²) in [5, 5.41) is 3.42. The third-order valence-corrected chi connectivity index (χ3v) is 3.34. The fraction of sp³-hybridized carbons (Fsp3) is 0.500. The Morgan fingerprint density at radius 1 is 1.35 bits per heavy atom. The molecule has 94 valence electrons. The number of benzene rings is 1. The van der Waals surface area contributed by atoms with Gasteiger partial charge >= 0.3 is 0 Å². The zero-order chi connectivity index (χ0) is 12.7. The monoisotopic (exact) mass is 231 g/mol. The average Bonchev–Trinajstić information content (AvgIpc) is 2.32. The maximum Gasteiger partial charge on any atom is 0.0105 e. The van der Waals surface area contributed by atoms with Gasteiger partial charge in [0.2, 0.25) is 0 Å². The molecule has 1 aromatic carbocycles. The van der Waals surface area contributed by atoms with Crippen LogP contribution in [0.5, 0.6) is 0 Å². The molecule has 0 fully saturated rings. The second-order valence-electron chi connectivity index (χ2n) is 4.84. The fourth-order valence-electron chi connectivity index (χ4n) is 2.14. The van der Waals surface area contributed by atoms with E-state index in [1.165, 1.54) is 29.5 Å². The molecule has 0 bridgehead atoms. The van der Waals surface area contributed by atoms with Crippen LogP contribution in [0.4, 0.5) is 0 Å². The van der Waals surface area contributed by atoms with Gasteiger partial charge in [-0.2, -0.15) is 0 Å². The van der Waals surface area contributed by atoms with E-state index in [1.807, 2.05) is 6.08 Å². The van der Waals surface area contributed by atoms with Crippen molar-refractivity contribution in [2.75, 3.05) is 7.05 Å². The average molecular weight is 231 g/mol. The Bertz CT molecular complexity index is 355. The molecule has 1 unspecified atom stereocenters. The Balaban J connectivity index is 2.60. The van der Waals surface area contributed by atoms with Gasteiger partial charge in [0, 0.05) is 6.04 Å². The summed E-state index contributed by atoms with van der Waals surface area (Å²) >= 11 is 0. The highest BCUT2D eigenvalue weighted by molar-refractivity contribution is 5.31. The molecule has 1 heteroatoms. The van der Waals surface area contributed by atoms with Gasteiger partial charge in [0.05, 0.1) is 0 Å². The first kappa shape index (κ1) is 14.0. The molecule has 0 spiro atoms. The van der Waals surface area contributed by atoms with Gasteiger partial charge in [-0.05, 0) is 57.7 Å². The molecular weight excluding hydrogens is 206 g/mol. The first-order valence-corrected chi connectivity index (χ1v) is 6.51. The number of unbranched alkanes of at least 4 members (excludes halogenated alkanes) is 1. The van der Waals surface area contributed by atoms with Gasteiger partial charge in [-0.1, -0.05) is 29.8 Å². The summed E-state index contributed by atoms with van der Waals surface area (Å²) in [5.41, 5.74) is 4.23. The molecule has 0 aliphatic carbocycles. The minimum Gasteiger partial charge on any atom is -0.317 e. The number of allylic oxidation sites excluding steroid dienone is 1. The molecule has 1 nitrogen and oxygen atoms in total. The van der Waals surface area contributed by atoms with Crippen molar-refractivity contribution in [2.45, 2.75) is 45.6 Å². The van der Waals surface area contributed by atoms with E-state index >= 15 is 0 Å². The summed E-state index contributed by atoms with van der Waals surface area (Å²) in [4.78, 5) is 0. The molecule has 0 saturated heterocycles. The Morgan fingerprint density at radius 3 is 2.76 bits per heavy atom. The van der Waals surface area contributed by atoms with Crippen molar-refractivity contribution in [3.8, 4) is 0 Å². The SMILES string of the molecule is C=CCCCC(Cc1cc(C)ccc1C)NC. The number of rotatable bonds is 7. The highest BCUT2D eigenvalue weighted by atomic mass is 14.9. The van der Waals surface area contributed by atoms with Gasteiger partial charge in [0.15, 0.2) is 0 Å². The topological polar surface area (TPSA) is 12.0 Å². The van der Waals surface area contributed by atoms with Crippen LogP contribution in [0.3, 0.4) is 0 Å². The van der Waals surface area contributed by atoms with Gasteiger partial charge in [-0.15, -0.1) is 6.58 Å². The van der Waals surface area contributed by atoms with E-state index in [4.69, 9.17) is 0 Å². The number of aryl methyl sites for hydroxylation is 2. The van der Waals surface area contributed by atoms with E-state index < -0.39 is 0 Å². The summed E-state index contributed by atoms with van der Waals surface area (Å²) in [5.74, 6) is 0. The Morgan fingerprint density at radius 2 is 2.12 bits per heavy atom. The van der Waals surface area contributed by atoms with Crippen LogP contribution < -0.4 is 5.32 Å². The summed E-state index contributed by atoms with van der Waals surface area (Å²) in [6.07, 6.45) is 6.69. The van der Waals surface area contributed by atoms with Crippen LogP contribution in [-0.2, 0) is 6.42 Å². The van der Waals surface area contributed by atoms with Crippen LogP contribution in [0.25, 0.3) is 0 Å². The molecule has 1 rings (SSSR count). The molecule has 0 aliphatic rings. The maximum atomic E-state index is 3.77. The first-order chi connectivity index (χ1) is 8.17. The van der Waals surface area contributed by atoms with Crippen molar-refractivity contribution in [2.24, 2.45) is 0 Å². The van der Waals surface area contributed by atoms with Crippen LogP contribution in [0.15, 0.2) is 30.9 Å². The quantitative estimate of drug-likeness (QED) is 0.556. The number of hydrogen-bond donors (Lipinski definition) is 1. The molecular formula is C16H25N. The normalized spacial score (nSPS) is 12.4. The third-order valence-electron chi connectivity index (χ3n) is 3.34. The van der Waals surface area contributed by atoms with Gasteiger partial charge in [-0.25, -0.2) is 0 Å². The van der Waals surface area contributed by atoms with Gasteiger partial charge in [0.25, 0.3) is 0 Å². The summed E-state index contributed by atoms with van der Waals surface area (Å²) < 4.78 is 0. The number of hydrogen-bond acceptors (Lipinski definition) is 1. The molecule has 0 saturated carbocycles. The molecule has 1 aromatic rings. The molecule has 0 amide bonds. The standard InChI is InChI=1S/C16H25N/c1-5-6-7-8-16(17-4)12-15-11-13(2)9-10-14(15)3/h5,9-11,16-17H,1,6-8,12H2,2-4H3. The van der Waals surface area contributed by atoms with Crippen molar-refractivity contribution in [1.29, 1.82) is 0 Å². The second-order valence-corrected chi connectivity index (χ2v) is 4.84. The zero-order valence-electron chi connectivity index (χ0n) is 11.4. The molecule has 0 aliphatic heterocycles. The predicted molar refractivity (Wildman–Crippen MR) is 76.5 cm³/mol. The smallest absolute Gasteiger partial charge is 0.0105 e. The van der Waals surface area contributed by atoms with Crippen LogP contribution in [0.2, 0.25) is 0 Å². The minimum absolute atomic E-state index is 0.579. The highest BCUT2D eigenvalue weighted by Crippen LogP contribution is 2.15. The van der Waals surface area contributed by atoms with Crippen molar-refractivity contribution in [1.82, 2.24) is 5.32 Å². The van der Waals surface area contributed by atoms with Crippen LogP contribution in [0.1, 0.15) is 36.0 Å². The Hall–Kier alpha value is -1.08. The largest absolute Gasteiger partial charge is 0.317 e. The lowest BCUT2D eigenvalue weighted by molar-refractivity contribution is 0.503. The van der Waals surface area contributed by atoms with E-state index in [9.17, 15) is 0 Å². The van der Waals surface area contributed by atoms with Crippen molar-refractivity contribution < 1.29 is 0 Å². The summed E-state index contributed by atoms with van der Waals surface area (Å²) in [6, 6.07) is 7.30. The number of likely N-dealkylation sites (N-methyl/N-ethyl adjacent to an activating group) is 1. The van der Waals surface area contributed by atoms with Crippen LogP contribution >= 0.6 is 0 Å². The van der Waals surface area contributed by atoms with Crippen LogP contribution in [0, 0.1) is 13.8 Å². The Kier molecular flexibility index (Phi) is 5.99. The fourth-order valence-corrected chi connectivity index (χ4v) is 2.14. The lowest BCUT2D eigenvalue weighted by atomic mass is 9.96. The lowest BCUT2D eigenvalue weighted by Crippen LogP contribution is -2.27. The van der Waals surface area contributed by atoms with Gasteiger partial charge in [0.1, 0.15) is 0 Å². The molecule has 1 N–H and O–H groups in total. The van der Waals surface area contributed by atoms with E-state index in [2.05, 4.69) is 51.0 Å². The molecule has 17 heavy (non-hydrogen) atoms. The van der Waals surface area contributed by atoms with Crippen molar-refractivity contribution in [3.63, 3.8) is 0 Å². The lowest BCUT2D eigenvalue weighted by Gasteiger charge is -2.17. The summed E-state index contributed by atoms with van der Waals surface area (Å²) in [6.45, 7) is 8.13. The van der Waals surface area contributed by atoms with Crippen molar-refractivity contribution in [3.05, 3.63) is 47.5 Å². The van der Waals surface area contributed by atoms with E-state index in [1.54, 1.807) is 0 Å². The summed E-state index contributed by atoms with van der Waals surface area (Å²) in [7, 11) is 2.06. The molecule has 1 atom stereocenters.